The van der Waals surface area contributed by atoms with Crippen LogP contribution >= 0.6 is 35.6 Å². The Morgan fingerprint density at radius 3 is 2.54 bits per heavy atom. The number of piperazine rings is 1. The molecule has 8 heteroatoms. The molecular weight excluding hydrogens is 463 g/mol. The fraction of sp³-hybridized carbons (Fsp3) is 0.389. The lowest BCUT2D eigenvalue weighted by atomic mass is 10.1. The summed E-state index contributed by atoms with van der Waals surface area (Å²) in [5.41, 5.74) is 7.49. The summed E-state index contributed by atoms with van der Waals surface area (Å²) in [6.07, 6.45) is 4.58. The highest BCUT2D eigenvalue weighted by molar-refractivity contribution is 14.0. The van der Waals surface area contributed by atoms with Crippen molar-refractivity contribution in [1.29, 1.82) is 0 Å². The third-order valence-electron chi connectivity index (χ3n) is 4.77. The molecular formula is C18H22ClIN6. The van der Waals surface area contributed by atoms with Gasteiger partial charge in [-0.25, -0.2) is 15.0 Å². The van der Waals surface area contributed by atoms with Crippen LogP contribution in [0, 0.1) is 0 Å². The molecule has 0 bridgehead atoms. The molecule has 1 saturated carbocycles. The first kappa shape index (κ1) is 19.2. The smallest absolute Gasteiger partial charge is 0.225 e. The topological polar surface area (TPSA) is 70.6 Å². The van der Waals surface area contributed by atoms with E-state index in [0.29, 0.717) is 11.9 Å². The van der Waals surface area contributed by atoms with Crippen molar-refractivity contribution in [2.75, 3.05) is 31.1 Å². The van der Waals surface area contributed by atoms with Crippen LogP contribution in [0.5, 0.6) is 0 Å². The third kappa shape index (κ3) is 4.37. The van der Waals surface area contributed by atoms with Crippen LogP contribution in [0.4, 0.5) is 5.95 Å². The Labute approximate surface area is 175 Å². The first-order valence-electron chi connectivity index (χ1n) is 8.56. The summed E-state index contributed by atoms with van der Waals surface area (Å²) in [5.74, 6) is 1.86. The van der Waals surface area contributed by atoms with E-state index in [1.54, 1.807) is 12.4 Å². The van der Waals surface area contributed by atoms with Crippen LogP contribution in [0.2, 0.25) is 5.02 Å². The van der Waals surface area contributed by atoms with Crippen LogP contribution in [-0.2, 0) is 0 Å². The molecule has 1 aromatic carbocycles. The monoisotopic (exact) mass is 484 g/mol. The number of guanidine groups is 1. The summed E-state index contributed by atoms with van der Waals surface area (Å²) in [4.78, 5) is 17.7. The Hall–Kier alpha value is -1.61. The van der Waals surface area contributed by atoms with Crippen LogP contribution in [0.15, 0.2) is 47.7 Å². The maximum Gasteiger partial charge on any atom is 0.225 e. The molecule has 4 rings (SSSR count). The van der Waals surface area contributed by atoms with Crippen molar-refractivity contribution < 1.29 is 0 Å². The van der Waals surface area contributed by atoms with Crippen molar-refractivity contribution in [1.82, 2.24) is 14.9 Å². The van der Waals surface area contributed by atoms with Crippen LogP contribution in [0.3, 0.4) is 0 Å². The highest BCUT2D eigenvalue weighted by atomic mass is 127. The van der Waals surface area contributed by atoms with E-state index in [2.05, 4.69) is 25.8 Å². The minimum atomic E-state index is 0. The number of hydrogen-bond acceptors (Lipinski definition) is 4. The van der Waals surface area contributed by atoms with Gasteiger partial charge in [-0.05, 0) is 30.2 Å². The predicted octanol–water partition coefficient (Wildman–Crippen LogP) is 2.74. The molecule has 6 nitrogen and oxygen atoms in total. The molecule has 2 aromatic rings. The Morgan fingerprint density at radius 2 is 1.85 bits per heavy atom. The van der Waals surface area contributed by atoms with E-state index in [1.165, 1.54) is 5.56 Å². The summed E-state index contributed by atoms with van der Waals surface area (Å²) in [6.45, 7) is 3.37. The van der Waals surface area contributed by atoms with Gasteiger partial charge in [-0.15, -0.1) is 24.0 Å². The molecule has 1 aromatic heterocycles. The molecule has 1 aliphatic heterocycles. The first-order valence-corrected chi connectivity index (χ1v) is 8.94. The number of halogens is 2. The average molecular weight is 485 g/mol. The maximum atomic E-state index is 6.24. The van der Waals surface area contributed by atoms with Gasteiger partial charge in [-0.1, -0.05) is 23.7 Å². The van der Waals surface area contributed by atoms with E-state index in [1.807, 2.05) is 24.3 Å². The normalized spacial score (nSPS) is 22.7. The van der Waals surface area contributed by atoms with Crippen LogP contribution < -0.4 is 10.6 Å². The molecule has 0 radical (unpaired) electrons. The van der Waals surface area contributed by atoms with Gasteiger partial charge in [0.05, 0.1) is 6.04 Å². The van der Waals surface area contributed by atoms with Crippen molar-refractivity contribution >= 4 is 47.5 Å². The summed E-state index contributed by atoms with van der Waals surface area (Å²) < 4.78 is 0. The summed E-state index contributed by atoms with van der Waals surface area (Å²) >= 11 is 6.07. The molecule has 0 amide bonds. The fourth-order valence-corrected chi connectivity index (χ4v) is 3.46. The summed E-state index contributed by atoms with van der Waals surface area (Å²) in [7, 11) is 0. The second kappa shape index (κ2) is 8.39. The Bertz CT molecular complexity index is 763. The zero-order valence-corrected chi connectivity index (χ0v) is 17.4. The van der Waals surface area contributed by atoms with Crippen molar-refractivity contribution in [3.8, 4) is 0 Å². The van der Waals surface area contributed by atoms with Gasteiger partial charge in [0.25, 0.3) is 0 Å². The molecule has 1 saturated heterocycles. The van der Waals surface area contributed by atoms with Crippen LogP contribution in [0.1, 0.15) is 17.9 Å². The van der Waals surface area contributed by atoms with E-state index < -0.39 is 0 Å². The van der Waals surface area contributed by atoms with E-state index in [-0.39, 0.29) is 30.0 Å². The maximum absolute atomic E-state index is 6.24. The minimum Gasteiger partial charge on any atom is -0.370 e. The van der Waals surface area contributed by atoms with Gasteiger partial charge in [0.1, 0.15) is 0 Å². The number of rotatable bonds is 3. The molecule has 0 spiro atoms. The van der Waals surface area contributed by atoms with Crippen LogP contribution in [-0.4, -0.2) is 53.0 Å². The number of nitrogens with two attached hydrogens (primary N) is 1. The first-order chi connectivity index (χ1) is 12.2. The number of hydrogen-bond donors (Lipinski definition) is 1. The van der Waals surface area contributed by atoms with E-state index in [9.17, 15) is 0 Å². The zero-order chi connectivity index (χ0) is 17.2. The molecule has 2 fully saturated rings. The van der Waals surface area contributed by atoms with Gasteiger partial charge in [0, 0.05) is 49.5 Å². The quantitative estimate of drug-likeness (QED) is 0.412. The Balaban J connectivity index is 0.00000196. The molecule has 26 heavy (non-hydrogen) atoms. The number of anilines is 1. The second-order valence-electron chi connectivity index (χ2n) is 6.47. The zero-order valence-electron chi connectivity index (χ0n) is 14.3. The molecule has 1 aliphatic carbocycles. The number of aromatic nitrogens is 2. The van der Waals surface area contributed by atoms with Gasteiger partial charge in [-0.3, -0.25) is 0 Å². The Kier molecular flexibility index (Phi) is 6.18. The van der Waals surface area contributed by atoms with E-state index in [0.717, 1.165) is 43.6 Å². The van der Waals surface area contributed by atoms with Crippen molar-refractivity contribution in [2.45, 2.75) is 18.4 Å². The molecule has 2 aliphatic rings. The van der Waals surface area contributed by atoms with Crippen LogP contribution in [0.25, 0.3) is 0 Å². The highest BCUT2D eigenvalue weighted by Gasteiger charge is 2.39. The second-order valence-corrected chi connectivity index (χ2v) is 6.91. The average Bonchev–Trinajstić information content (AvgIpc) is 3.42. The minimum absolute atomic E-state index is 0. The summed E-state index contributed by atoms with van der Waals surface area (Å²) in [5, 5.41) is 0.777. The van der Waals surface area contributed by atoms with Crippen molar-refractivity contribution in [3.63, 3.8) is 0 Å². The standard InChI is InChI=1S/C18H21ClN6.HI/c19-14-4-1-3-13(11-14)15-12-16(15)23-17(20)24-7-9-25(10-8-24)18-21-5-2-6-22-18;/h1-6,11,15-16H,7-10,12H2,(H2,20,23);1H/t15-,16+;/m0./s1. The number of benzene rings is 1. The molecule has 2 heterocycles. The summed E-state index contributed by atoms with van der Waals surface area (Å²) in [6, 6.07) is 10.1. The van der Waals surface area contributed by atoms with E-state index in [4.69, 9.17) is 22.3 Å². The lowest BCUT2D eigenvalue weighted by molar-refractivity contribution is 0.378. The van der Waals surface area contributed by atoms with Crippen molar-refractivity contribution in [3.05, 3.63) is 53.3 Å². The van der Waals surface area contributed by atoms with E-state index >= 15 is 0 Å². The molecule has 138 valence electrons. The number of aliphatic imine (C=N–C) groups is 1. The molecule has 0 unspecified atom stereocenters. The SMILES string of the molecule is I.NC(=N[C@@H]1C[C@H]1c1cccc(Cl)c1)N1CCN(c2ncccn2)CC1. The predicted molar refractivity (Wildman–Crippen MR) is 115 cm³/mol. The highest BCUT2D eigenvalue weighted by Crippen LogP contribution is 2.44. The lowest BCUT2D eigenvalue weighted by Gasteiger charge is -2.35. The third-order valence-corrected chi connectivity index (χ3v) is 5.01. The lowest BCUT2D eigenvalue weighted by Crippen LogP contribution is -2.51. The largest absolute Gasteiger partial charge is 0.370 e. The van der Waals surface area contributed by atoms with Gasteiger partial charge in [-0.2, -0.15) is 0 Å². The number of nitrogens with zero attached hydrogens (tertiary/aromatic N) is 5. The Morgan fingerprint density at radius 1 is 1.12 bits per heavy atom. The van der Waals surface area contributed by atoms with Gasteiger partial charge < -0.3 is 15.5 Å². The van der Waals surface area contributed by atoms with Gasteiger partial charge in [0.15, 0.2) is 5.96 Å². The molecule has 2 atom stereocenters. The fourth-order valence-electron chi connectivity index (χ4n) is 3.26. The van der Waals surface area contributed by atoms with Gasteiger partial charge >= 0.3 is 0 Å². The molecule has 2 N–H and O–H groups in total. The van der Waals surface area contributed by atoms with Crippen molar-refractivity contribution in [2.24, 2.45) is 10.7 Å². The van der Waals surface area contributed by atoms with Gasteiger partial charge in [0.2, 0.25) is 5.95 Å².